The lowest BCUT2D eigenvalue weighted by atomic mass is 9.99. The highest BCUT2D eigenvalue weighted by atomic mass is 35.5. The maximum absolute atomic E-state index is 12.3. The minimum absolute atomic E-state index is 0.354. The van der Waals surface area contributed by atoms with Crippen molar-refractivity contribution in [3.8, 4) is 0 Å². The molecule has 3 aromatic carbocycles. The predicted molar refractivity (Wildman–Crippen MR) is 103 cm³/mol. The molecule has 130 valence electrons. The Labute approximate surface area is 156 Å². The van der Waals surface area contributed by atoms with Crippen molar-refractivity contribution in [1.29, 1.82) is 0 Å². The van der Waals surface area contributed by atoms with E-state index < -0.39 is 12.0 Å². The van der Waals surface area contributed by atoms with Gasteiger partial charge in [0.25, 0.3) is 5.91 Å². The van der Waals surface area contributed by atoms with Crippen LogP contribution in [0.5, 0.6) is 0 Å². The number of aliphatic hydroxyl groups is 1. The molecule has 1 amide bonds. The number of carbonyl (C=O) groups is 1. The van der Waals surface area contributed by atoms with Crippen LogP contribution in [0, 0.1) is 0 Å². The highest BCUT2D eigenvalue weighted by Crippen LogP contribution is 2.19. The monoisotopic (exact) mass is 364 g/mol. The van der Waals surface area contributed by atoms with Crippen LogP contribution in [0.1, 0.15) is 27.6 Å². The second kappa shape index (κ2) is 8.43. The lowest BCUT2D eigenvalue weighted by Crippen LogP contribution is -2.23. The topological polar surface area (TPSA) is 61.7 Å². The van der Waals surface area contributed by atoms with Crippen LogP contribution in [-0.2, 0) is 0 Å². The first kappa shape index (κ1) is 17.9. The zero-order valence-electron chi connectivity index (χ0n) is 13.8. The number of hydrogen-bond donors (Lipinski definition) is 2. The Balaban J connectivity index is 1.90. The minimum Gasteiger partial charge on any atom is -0.382 e. The molecule has 3 aromatic rings. The minimum atomic E-state index is -0.974. The molecule has 0 aromatic heterocycles. The van der Waals surface area contributed by atoms with Crippen molar-refractivity contribution in [2.24, 2.45) is 5.10 Å². The van der Waals surface area contributed by atoms with Gasteiger partial charge in [-0.25, -0.2) is 5.43 Å². The average molecular weight is 365 g/mol. The number of hydrazone groups is 1. The van der Waals surface area contributed by atoms with E-state index in [4.69, 9.17) is 11.6 Å². The van der Waals surface area contributed by atoms with E-state index in [2.05, 4.69) is 10.5 Å². The summed E-state index contributed by atoms with van der Waals surface area (Å²) in [5.74, 6) is -0.402. The van der Waals surface area contributed by atoms with E-state index >= 15 is 0 Å². The Kier molecular flexibility index (Phi) is 5.79. The van der Waals surface area contributed by atoms with Gasteiger partial charge < -0.3 is 5.11 Å². The lowest BCUT2D eigenvalue weighted by molar-refractivity contribution is 0.0954. The van der Waals surface area contributed by atoms with Crippen molar-refractivity contribution in [2.45, 2.75) is 6.10 Å². The number of rotatable bonds is 5. The number of hydrogen-bond acceptors (Lipinski definition) is 3. The van der Waals surface area contributed by atoms with Gasteiger partial charge in [0.15, 0.2) is 0 Å². The van der Waals surface area contributed by atoms with Crippen LogP contribution in [0.15, 0.2) is 90.0 Å². The van der Waals surface area contributed by atoms with Crippen LogP contribution in [-0.4, -0.2) is 16.7 Å². The molecule has 2 N–H and O–H groups in total. The number of aliphatic hydroxyl groups excluding tert-OH is 1. The molecular weight excluding hydrogens is 348 g/mol. The van der Waals surface area contributed by atoms with E-state index in [-0.39, 0.29) is 0 Å². The molecule has 0 radical (unpaired) electrons. The molecular formula is C21H17ClN2O2. The lowest BCUT2D eigenvalue weighted by Gasteiger charge is -2.15. The molecule has 0 aliphatic heterocycles. The Morgan fingerprint density at radius 2 is 1.50 bits per heavy atom. The summed E-state index contributed by atoms with van der Waals surface area (Å²) >= 11 is 5.92. The fraction of sp³-hybridized carbons (Fsp3) is 0.0476. The van der Waals surface area contributed by atoms with Gasteiger partial charge in [-0.15, -0.1) is 0 Å². The molecule has 3 rings (SSSR count). The summed E-state index contributed by atoms with van der Waals surface area (Å²) in [6.45, 7) is 0. The highest BCUT2D eigenvalue weighted by Gasteiger charge is 2.18. The van der Waals surface area contributed by atoms with Crippen molar-refractivity contribution in [1.82, 2.24) is 5.43 Å². The molecule has 0 spiro atoms. The van der Waals surface area contributed by atoms with E-state index in [1.165, 1.54) is 0 Å². The standard InChI is InChI=1S/C21H17ClN2O2/c22-18-13-7-12-17(14-18)21(26)24-23-19(15-8-3-1-4-9-15)20(25)16-10-5-2-6-11-16/h1-14,20,25H,(H,24,26)/b23-19+/t20-/m1/s1. The molecule has 0 aliphatic carbocycles. The van der Waals surface area contributed by atoms with Crippen LogP contribution in [0.3, 0.4) is 0 Å². The SMILES string of the molecule is O=C(N/N=C(\c1ccccc1)[C@H](O)c1ccccc1)c1cccc(Cl)c1. The molecule has 0 fully saturated rings. The van der Waals surface area contributed by atoms with E-state index in [9.17, 15) is 9.90 Å². The number of carbonyl (C=O) groups excluding carboxylic acids is 1. The fourth-order valence-corrected chi connectivity index (χ4v) is 2.68. The van der Waals surface area contributed by atoms with Crippen LogP contribution in [0.2, 0.25) is 5.02 Å². The fourth-order valence-electron chi connectivity index (χ4n) is 2.49. The number of nitrogens with zero attached hydrogens (tertiary/aromatic N) is 1. The first-order valence-corrected chi connectivity index (χ1v) is 8.45. The normalized spacial score (nSPS) is 12.5. The Morgan fingerprint density at radius 3 is 2.15 bits per heavy atom. The quantitative estimate of drug-likeness (QED) is 0.526. The number of amides is 1. The van der Waals surface area contributed by atoms with Crippen LogP contribution < -0.4 is 5.43 Å². The Morgan fingerprint density at radius 1 is 0.885 bits per heavy atom. The van der Waals surface area contributed by atoms with Gasteiger partial charge in [0.1, 0.15) is 11.8 Å². The van der Waals surface area contributed by atoms with Gasteiger partial charge >= 0.3 is 0 Å². The molecule has 26 heavy (non-hydrogen) atoms. The summed E-state index contributed by atoms with van der Waals surface area (Å²) in [6, 6.07) is 25.0. The number of benzene rings is 3. The van der Waals surface area contributed by atoms with Crippen molar-refractivity contribution in [2.75, 3.05) is 0 Å². The van der Waals surface area contributed by atoms with E-state index in [0.717, 1.165) is 5.56 Å². The molecule has 0 bridgehead atoms. The third-order valence-corrected chi connectivity index (χ3v) is 4.04. The zero-order chi connectivity index (χ0) is 18.4. The largest absolute Gasteiger partial charge is 0.382 e. The number of halogens is 1. The molecule has 0 aliphatic rings. The van der Waals surface area contributed by atoms with Crippen molar-refractivity contribution in [3.63, 3.8) is 0 Å². The van der Waals surface area contributed by atoms with Crippen LogP contribution in [0.4, 0.5) is 0 Å². The van der Waals surface area contributed by atoms with Gasteiger partial charge in [-0.05, 0) is 23.8 Å². The van der Waals surface area contributed by atoms with E-state index in [1.54, 1.807) is 24.3 Å². The molecule has 0 saturated carbocycles. The third kappa shape index (κ3) is 4.36. The first-order valence-electron chi connectivity index (χ1n) is 8.07. The van der Waals surface area contributed by atoms with E-state index in [0.29, 0.717) is 21.9 Å². The molecule has 4 nitrogen and oxygen atoms in total. The maximum atomic E-state index is 12.3. The van der Waals surface area contributed by atoms with Gasteiger partial charge in [-0.2, -0.15) is 5.10 Å². The zero-order valence-corrected chi connectivity index (χ0v) is 14.6. The summed E-state index contributed by atoms with van der Waals surface area (Å²) in [5, 5.41) is 15.4. The second-order valence-electron chi connectivity index (χ2n) is 5.63. The Bertz CT molecular complexity index is 912. The van der Waals surface area contributed by atoms with Crippen LogP contribution in [0.25, 0.3) is 0 Å². The highest BCUT2D eigenvalue weighted by molar-refractivity contribution is 6.31. The van der Waals surface area contributed by atoms with Gasteiger partial charge in [0, 0.05) is 16.1 Å². The second-order valence-corrected chi connectivity index (χ2v) is 6.06. The molecule has 5 heteroatoms. The summed E-state index contributed by atoms with van der Waals surface area (Å²) < 4.78 is 0. The summed E-state index contributed by atoms with van der Waals surface area (Å²) in [5.41, 5.74) is 4.66. The third-order valence-electron chi connectivity index (χ3n) is 3.81. The van der Waals surface area contributed by atoms with Crippen molar-refractivity contribution < 1.29 is 9.90 Å². The summed E-state index contributed by atoms with van der Waals surface area (Å²) in [7, 11) is 0. The molecule has 1 atom stereocenters. The summed E-state index contributed by atoms with van der Waals surface area (Å²) in [6.07, 6.45) is -0.974. The van der Waals surface area contributed by atoms with Gasteiger partial charge in [-0.3, -0.25) is 4.79 Å². The van der Waals surface area contributed by atoms with Crippen molar-refractivity contribution in [3.05, 3.63) is 107 Å². The van der Waals surface area contributed by atoms with Gasteiger partial charge in [0.05, 0.1) is 0 Å². The predicted octanol–water partition coefficient (Wildman–Crippen LogP) is 4.21. The maximum Gasteiger partial charge on any atom is 0.271 e. The Hall–Kier alpha value is -2.95. The molecule has 0 heterocycles. The smallest absolute Gasteiger partial charge is 0.271 e. The van der Waals surface area contributed by atoms with E-state index in [1.807, 2.05) is 60.7 Å². The van der Waals surface area contributed by atoms with Crippen LogP contribution >= 0.6 is 11.6 Å². The van der Waals surface area contributed by atoms with Crippen molar-refractivity contribution >= 4 is 23.2 Å². The summed E-state index contributed by atoms with van der Waals surface area (Å²) in [4.78, 5) is 12.3. The molecule has 0 saturated heterocycles. The average Bonchev–Trinajstić information content (AvgIpc) is 2.69. The van der Waals surface area contributed by atoms with Gasteiger partial charge in [-0.1, -0.05) is 78.3 Å². The van der Waals surface area contributed by atoms with Gasteiger partial charge in [0.2, 0.25) is 0 Å². The first-order chi connectivity index (χ1) is 12.6. The molecule has 0 unspecified atom stereocenters. The number of nitrogens with one attached hydrogen (secondary N) is 1.